The van der Waals surface area contributed by atoms with E-state index >= 15 is 0 Å². The van der Waals surface area contributed by atoms with Crippen molar-refractivity contribution < 1.29 is 34.0 Å². The van der Waals surface area contributed by atoms with Crippen LogP contribution in [0.1, 0.15) is 16.8 Å². The van der Waals surface area contributed by atoms with Crippen molar-refractivity contribution in [2.24, 2.45) is 5.73 Å². The Labute approximate surface area is 143 Å². The number of nitrogens with zero attached hydrogens (tertiary/aromatic N) is 4. The first kappa shape index (κ1) is 19.1. The summed E-state index contributed by atoms with van der Waals surface area (Å²) in [4.78, 5) is 28.0. The van der Waals surface area contributed by atoms with Crippen LogP contribution >= 0.6 is 0 Å². The molecule has 2 heterocycles. The zero-order valence-corrected chi connectivity index (χ0v) is 13.8. The number of carbonyl (C=O) groups is 2. The normalized spacial score (nSPS) is 26.0. The Morgan fingerprint density at radius 2 is 2.08 bits per heavy atom. The number of hydrogen-bond acceptors (Lipinski definition) is 10. The van der Waals surface area contributed by atoms with Gasteiger partial charge < -0.3 is 35.1 Å². The molecule has 12 heteroatoms. The number of aliphatic hydroxyl groups is 2. The van der Waals surface area contributed by atoms with Crippen molar-refractivity contribution in [1.29, 1.82) is 0 Å². The number of primary amides is 1. The van der Waals surface area contributed by atoms with Gasteiger partial charge in [-0.3, -0.25) is 4.79 Å². The van der Waals surface area contributed by atoms with Gasteiger partial charge in [0.15, 0.2) is 6.23 Å². The first-order valence-electron chi connectivity index (χ1n) is 7.46. The van der Waals surface area contributed by atoms with Gasteiger partial charge in [0.05, 0.1) is 0 Å². The minimum Gasteiger partial charge on any atom is -0.433 e. The largest absolute Gasteiger partial charge is 0.508 e. The maximum Gasteiger partial charge on any atom is 0.508 e. The minimum absolute atomic E-state index is 0.153. The molecule has 1 unspecified atom stereocenters. The molecule has 1 aromatic rings. The smallest absolute Gasteiger partial charge is 0.433 e. The standard InChI is InChI=1S/C13H21N5O7/c1-17(2)3-4-23-13(22)24-5-7-8(19)9(20)12(25-7)18-6-15-11(16-18)10(14)21/h6-9,12,19-20H,3-5H2,1-2H3,(H2,14,21)/t7-,8?,9-,12-/m1/s1. The highest BCUT2D eigenvalue weighted by molar-refractivity contribution is 5.88. The summed E-state index contributed by atoms with van der Waals surface area (Å²) >= 11 is 0. The van der Waals surface area contributed by atoms with E-state index in [-0.39, 0.29) is 19.0 Å². The van der Waals surface area contributed by atoms with Crippen LogP contribution in [-0.2, 0) is 14.2 Å². The van der Waals surface area contributed by atoms with Crippen LogP contribution in [0, 0.1) is 0 Å². The zero-order chi connectivity index (χ0) is 18.6. The molecular weight excluding hydrogens is 338 g/mol. The molecule has 1 aliphatic rings. The van der Waals surface area contributed by atoms with Crippen LogP contribution in [0.15, 0.2) is 6.33 Å². The molecule has 1 aromatic heterocycles. The van der Waals surface area contributed by atoms with Gasteiger partial charge in [-0.25, -0.2) is 14.5 Å². The van der Waals surface area contributed by atoms with Gasteiger partial charge in [0.25, 0.3) is 5.91 Å². The number of carbonyl (C=O) groups excluding carboxylic acids is 2. The lowest BCUT2D eigenvalue weighted by molar-refractivity contribution is -0.0674. The second-order valence-electron chi connectivity index (χ2n) is 5.67. The molecule has 4 N–H and O–H groups in total. The van der Waals surface area contributed by atoms with E-state index in [9.17, 15) is 19.8 Å². The summed E-state index contributed by atoms with van der Waals surface area (Å²) in [5.41, 5.74) is 5.05. The predicted molar refractivity (Wildman–Crippen MR) is 80.3 cm³/mol. The number of amides is 1. The van der Waals surface area contributed by atoms with E-state index in [1.165, 1.54) is 0 Å². The van der Waals surface area contributed by atoms with E-state index in [0.29, 0.717) is 6.54 Å². The van der Waals surface area contributed by atoms with Crippen LogP contribution in [0.3, 0.4) is 0 Å². The Hall–Kier alpha value is -2.28. The number of aliphatic hydroxyl groups excluding tert-OH is 2. The highest BCUT2D eigenvalue weighted by atomic mass is 16.7. The van der Waals surface area contributed by atoms with Crippen molar-refractivity contribution in [3.63, 3.8) is 0 Å². The van der Waals surface area contributed by atoms with Gasteiger partial charge in [-0.2, -0.15) is 0 Å². The molecule has 1 amide bonds. The lowest BCUT2D eigenvalue weighted by atomic mass is 10.1. The van der Waals surface area contributed by atoms with Gasteiger partial charge in [0.1, 0.15) is 37.9 Å². The quantitative estimate of drug-likeness (QED) is 0.452. The zero-order valence-electron chi connectivity index (χ0n) is 13.8. The van der Waals surface area contributed by atoms with Crippen molar-refractivity contribution in [2.75, 3.05) is 33.9 Å². The highest BCUT2D eigenvalue weighted by Gasteiger charge is 2.45. The van der Waals surface area contributed by atoms with Gasteiger partial charge in [0, 0.05) is 6.54 Å². The van der Waals surface area contributed by atoms with Crippen LogP contribution in [0.25, 0.3) is 0 Å². The van der Waals surface area contributed by atoms with Gasteiger partial charge in [-0.05, 0) is 14.1 Å². The number of likely N-dealkylation sites (N-methyl/N-ethyl adjacent to an activating group) is 1. The number of aromatic nitrogens is 3. The number of hydrogen-bond donors (Lipinski definition) is 3. The molecule has 4 atom stereocenters. The molecule has 1 fully saturated rings. The fourth-order valence-electron chi connectivity index (χ4n) is 2.10. The van der Waals surface area contributed by atoms with Gasteiger partial charge in [0.2, 0.25) is 5.82 Å². The average molecular weight is 359 g/mol. The summed E-state index contributed by atoms with van der Waals surface area (Å²) < 4.78 is 16.2. The second kappa shape index (κ2) is 8.20. The fourth-order valence-corrected chi connectivity index (χ4v) is 2.10. The molecule has 140 valence electrons. The van der Waals surface area contributed by atoms with Crippen LogP contribution in [0.4, 0.5) is 4.79 Å². The molecule has 1 aliphatic heterocycles. The van der Waals surface area contributed by atoms with E-state index in [1.807, 2.05) is 19.0 Å². The Morgan fingerprint density at radius 1 is 1.36 bits per heavy atom. The van der Waals surface area contributed by atoms with E-state index in [4.69, 9.17) is 19.9 Å². The summed E-state index contributed by atoms with van der Waals surface area (Å²) in [6.07, 6.45) is -4.56. The molecule has 25 heavy (non-hydrogen) atoms. The molecule has 0 bridgehead atoms. The van der Waals surface area contributed by atoms with Crippen molar-refractivity contribution in [3.8, 4) is 0 Å². The van der Waals surface area contributed by atoms with Gasteiger partial charge >= 0.3 is 6.16 Å². The molecule has 0 aromatic carbocycles. The predicted octanol–water partition coefficient (Wildman–Crippen LogP) is -2.29. The van der Waals surface area contributed by atoms with Crippen LogP contribution < -0.4 is 5.73 Å². The molecule has 0 radical (unpaired) electrons. The molecule has 0 aliphatic carbocycles. The van der Waals surface area contributed by atoms with Crippen LogP contribution in [-0.4, -0.2) is 94.1 Å². The molecule has 0 spiro atoms. The summed E-state index contributed by atoms with van der Waals surface area (Å²) in [6, 6.07) is 0. The first-order valence-corrected chi connectivity index (χ1v) is 7.46. The lowest BCUT2D eigenvalue weighted by Gasteiger charge is -2.15. The van der Waals surface area contributed by atoms with E-state index in [0.717, 1.165) is 11.0 Å². The molecular formula is C13H21N5O7. The van der Waals surface area contributed by atoms with Crippen molar-refractivity contribution in [1.82, 2.24) is 19.7 Å². The maximum atomic E-state index is 11.5. The van der Waals surface area contributed by atoms with Crippen LogP contribution in [0.2, 0.25) is 0 Å². The molecule has 2 rings (SSSR count). The Kier molecular flexibility index (Phi) is 6.25. The fraction of sp³-hybridized carbons (Fsp3) is 0.692. The maximum absolute atomic E-state index is 11.5. The minimum atomic E-state index is -1.36. The molecule has 12 nitrogen and oxygen atoms in total. The second-order valence-corrected chi connectivity index (χ2v) is 5.67. The van der Waals surface area contributed by atoms with E-state index in [2.05, 4.69) is 10.1 Å². The highest BCUT2D eigenvalue weighted by Crippen LogP contribution is 2.28. The van der Waals surface area contributed by atoms with E-state index < -0.39 is 36.6 Å². The van der Waals surface area contributed by atoms with E-state index in [1.54, 1.807) is 0 Å². The number of nitrogens with two attached hydrogens (primary N) is 1. The Balaban J connectivity index is 1.86. The van der Waals surface area contributed by atoms with Gasteiger partial charge in [-0.1, -0.05) is 0 Å². The topological polar surface area (TPSA) is 162 Å². The summed E-state index contributed by atoms with van der Waals surface area (Å²) in [5.74, 6) is -1.10. The summed E-state index contributed by atoms with van der Waals surface area (Å²) in [6.45, 7) is 0.361. The summed E-state index contributed by atoms with van der Waals surface area (Å²) in [7, 11) is 3.65. The van der Waals surface area contributed by atoms with Crippen molar-refractivity contribution in [2.45, 2.75) is 24.5 Å². The average Bonchev–Trinajstić information content (AvgIpc) is 3.12. The van der Waals surface area contributed by atoms with Crippen molar-refractivity contribution >= 4 is 12.1 Å². The third-order valence-electron chi connectivity index (χ3n) is 3.45. The lowest BCUT2D eigenvalue weighted by Crippen LogP contribution is -2.34. The molecule has 1 saturated heterocycles. The monoisotopic (exact) mass is 359 g/mol. The Morgan fingerprint density at radius 3 is 2.68 bits per heavy atom. The van der Waals surface area contributed by atoms with Crippen LogP contribution in [0.5, 0.6) is 0 Å². The third kappa shape index (κ3) is 4.85. The number of rotatable bonds is 7. The molecule has 0 saturated carbocycles. The Bertz CT molecular complexity index is 607. The summed E-state index contributed by atoms with van der Waals surface area (Å²) in [5, 5.41) is 23.8. The number of ether oxygens (including phenoxy) is 3. The van der Waals surface area contributed by atoms with Crippen molar-refractivity contribution in [3.05, 3.63) is 12.2 Å². The first-order chi connectivity index (χ1) is 11.8. The third-order valence-corrected chi connectivity index (χ3v) is 3.45. The SMILES string of the molecule is CN(C)CCOC(=O)OC[C@H]1O[C@@H](n2cnc(C(N)=O)n2)[C@H](O)C1O. The van der Waals surface area contributed by atoms with Gasteiger partial charge in [-0.15, -0.1) is 5.10 Å².